The second kappa shape index (κ2) is 5.74. The first kappa shape index (κ1) is 12.8. The molecule has 1 rings (SSSR count). The molecule has 0 saturated heterocycles. The Morgan fingerprint density at radius 3 is 2.40 bits per heavy atom. The molecule has 2 atom stereocenters. The van der Waals surface area contributed by atoms with E-state index in [9.17, 15) is 0 Å². The van der Waals surface area contributed by atoms with E-state index in [1.54, 1.807) is 0 Å². The molecule has 0 aliphatic carbocycles. The normalized spacial score (nSPS) is 15.0. The van der Waals surface area contributed by atoms with Gasteiger partial charge in [0, 0.05) is 12.1 Å². The maximum atomic E-state index is 5.97. The quantitative estimate of drug-likeness (QED) is 0.827. The third-order valence-electron chi connectivity index (χ3n) is 2.59. The topological polar surface area (TPSA) is 12.0 Å². The van der Waals surface area contributed by atoms with Gasteiger partial charge >= 0.3 is 0 Å². The van der Waals surface area contributed by atoms with Gasteiger partial charge in [-0.25, -0.2) is 0 Å². The van der Waals surface area contributed by atoms with E-state index in [-0.39, 0.29) is 0 Å². The molecule has 0 aliphatic rings. The second-order valence-corrected chi connectivity index (χ2v) is 4.69. The van der Waals surface area contributed by atoms with E-state index in [2.05, 4.69) is 26.1 Å². The molecule has 0 heterocycles. The zero-order chi connectivity index (χ0) is 11.4. The minimum absolute atomic E-state index is 0.301. The van der Waals surface area contributed by atoms with E-state index < -0.39 is 0 Å². The lowest BCUT2D eigenvalue weighted by Crippen LogP contribution is -2.28. The van der Waals surface area contributed by atoms with Crippen molar-refractivity contribution in [2.75, 3.05) is 0 Å². The predicted octanol–water partition coefficient (Wildman–Crippen LogP) is 4.44. The number of benzene rings is 1. The summed E-state index contributed by atoms with van der Waals surface area (Å²) >= 11 is 11.8. The molecule has 15 heavy (non-hydrogen) atoms. The predicted molar refractivity (Wildman–Crippen MR) is 67.8 cm³/mol. The van der Waals surface area contributed by atoms with E-state index >= 15 is 0 Å². The van der Waals surface area contributed by atoms with Gasteiger partial charge in [0.1, 0.15) is 0 Å². The maximum Gasteiger partial charge on any atom is 0.0595 e. The fraction of sp³-hybridized carbons (Fsp3) is 0.500. The van der Waals surface area contributed by atoms with Crippen molar-refractivity contribution >= 4 is 23.2 Å². The van der Waals surface area contributed by atoms with Gasteiger partial charge in [0.2, 0.25) is 0 Å². The molecular formula is C12H17Cl2N. The number of hydrogen-bond acceptors (Lipinski definition) is 1. The van der Waals surface area contributed by atoms with Crippen molar-refractivity contribution in [3.8, 4) is 0 Å². The van der Waals surface area contributed by atoms with Crippen LogP contribution in [0, 0.1) is 0 Å². The van der Waals surface area contributed by atoms with E-state index in [1.165, 1.54) is 5.56 Å². The van der Waals surface area contributed by atoms with Crippen molar-refractivity contribution in [2.24, 2.45) is 0 Å². The molecule has 0 amide bonds. The zero-order valence-corrected chi connectivity index (χ0v) is 10.9. The van der Waals surface area contributed by atoms with E-state index in [0.717, 1.165) is 6.42 Å². The first-order valence-electron chi connectivity index (χ1n) is 5.25. The molecule has 0 fully saturated rings. The van der Waals surface area contributed by atoms with Crippen LogP contribution in [-0.2, 0) is 0 Å². The highest BCUT2D eigenvalue weighted by molar-refractivity contribution is 6.42. The maximum absolute atomic E-state index is 5.97. The van der Waals surface area contributed by atoms with Crippen LogP contribution in [0.3, 0.4) is 0 Å². The van der Waals surface area contributed by atoms with Crippen LogP contribution in [0.25, 0.3) is 0 Å². The fourth-order valence-corrected chi connectivity index (χ4v) is 1.73. The summed E-state index contributed by atoms with van der Waals surface area (Å²) in [4.78, 5) is 0. The Kier molecular flexibility index (Phi) is 4.91. The molecule has 1 aromatic carbocycles. The monoisotopic (exact) mass is 245 g/mol. The van der Waals surface area contributed by atoms with Crippen molar-refractivity contribution in [1.29, 1.82) is 0 Å². The number of hydrogen-bond donors (Lipinski definition) is 1. The molecule has 3 heteroatoms. The van der Waals surface area contributed by atoms with Crippen LogP contribution >= 0.6 is 23.2 Å². The van der Waals surface area contributed by atoms with Gasteiger partial charge in [-0.05, 0) is 38.0 Å². The van der Waals surface area contributed by atoms with Crippen molar-refractivity contribution in [3.05, 3.63) is 33.8 Å². The van der Waals surface area contributed by atoms with Crippen LogP contribution in [-0.4, -0.2) is 6.04 Å². The summed E-state index contributed by atoms with van der Waals surface area (Å²) in [7, 11) is 0. The summed E-state index contributed by atoms with van der Waals surface area (Å²) in [6.07, 6.45) is 1.12. The van der Waals surface area contributed by atoms with Gasteiger partial charge in [0.25, 0.3) is 0 Å². The van der Waals surface area contributed by atoms with Crippen LogP contribution < -0.4 is 5.32 Å². The van der Waals surface area contributed by atoms with Gasteiger partial charge in [-0.15, -0.1) is 0 Å². The Hall–Kier alpha value is -0.240. The lowest BCUT2D eigenvalue weighted by Gasteiger charge is -2.19. The summed E-state index contributed by atoms with van der Waals surface area (Å²) in [5, 5.41) is 4.72. The van der Waals surface area contributed by atoms with Gasteiger partial charge in [0.05, 0.1) is 10.0 Å². The molecule has 1 N–H and O–H groups in total. The number of rotatable bonds is 4. The second-order valence-electron chi connectivity index (χ2n) is 3.87. The Labute approximate surface area is 102 Å². The van der Waals surface area contributed by atoms with Crippen molar-refractivity contribution in [1.82, 2.24) is 5.32 Å². The highest BCUT2D eigenvalue weighted by Gasteiger charge is 2.09. The Morgan fingerprint density at radius 2 is 1.87 bits per heavy atom. The average molecular weight is 246 g/mol. The van der Waals surface area contributed by atoms with Gasteiger partial charge in [-0.3, -0.25) is 0 Å². The Balaban J connectivity index is 2.73. The fourth-order valence-electron chi connectivity index (χ4n) is 1.42. The highest BCUT2D eigenvalue weighted by atomic mass is 35.5. The SMILES string of the molecule is CC[C@H](C)N[C@H](C)c1ccc(Cl)c(Cl)c1. The molecular weight excluding hydrogens is 229 g/mol. The van der Waals surface area contributed by atoms with Crippen molar-refractivity contribution in [2.45, 2.75) is 39.3 Å². The van der Waals surface area contributed by atoms with Crippen LogP contribution in [0.4, 0.5) is 0 Å². The molecule has 0 bridgehead atoms. The minimum atomic E-state index is 0.301. The van der Waals surface area contributed by atoms with Gasteiger partial charge in [0.15, 0.2) is 0 Å². The summed E-state index contributed by atoms with van der Waals surface area (Å²) in [6.45, 7) is 6.47. The standard InChI is InChI=1S/C12H17Cl2N/c1-4-8(2)15-9(3)10-5-6-11(13)12(14)7-10/h5-9,15H,4H2,1-3H3/t8-,9+/m0/s1. The van der Waals surface area contributed by atoms with Crippen LogP contribution in [0.5, 0.6) is 0 Å². The molecule has 0 saturated carbocycles. The summed E-state index contributed by atoms with van der Waals surface area (Å²) in [5.74, 6) is 0. The smallest absolute Gasteiger partial charge is 0.0595 e. The lowest BCUT2D eigenvalue weighted by atomic mass is 10.1. The van der Waals surface area contributed by atoms with Crippen LogP contribution in [0.15, 0.2) is 18.2 Å². The van der Waals surface area contributed by atoms with E-state index in [1.807, 2.05) is 18.2 Å². The van der Waals surface area contributed by atoms with E-state index in [0.29, 0.717) is 22.1 Å². The molecule has 0 aliphatic heterocycles. The Bertz CT molecular complexity index is 325. The van der Waals surface area contributed by atoms with Crippen molar-refractivity contribution in [3.63, 3.8) is 0 Å². The summed E-state index contributed by atoms with van der Waals surface area (Å²) in [5.41, 5.74) is 1.17. The first-order chi connectivity index (χ1) is 7.04. The molecule has 84 valence electrons. The molecule has 1 nitrogen and oxygen atoms in total. The largest absolute Gasteiger partial charge is 0.308 e. The van der Waals surface area contributed by atoms with Gasteiger partial charge in [-0.1, -0.05) is 36.2 Å². The average Bonchev–Trinajstić information content (AvgIpc) is 2.21. The Morgan fingerprint density at radius 1 is 1.20 bits per heavy atom. The molecule has 0 spiro atoms. The highest BCUT2D eigenvalue weighted by Crippen LogP contribution is 2.25. The van der Waals surface area contributed by atoms with Gasteiger partial charge < -0.3 is 5.32 Å². The molecule has 1 aromatic rings. The first-order valence-corrected chi connectivity index (χ1v) is 6.01. The summed E-state index contributed by atoms with van der Waals surface area (Å²) in [6, 6.07) is 6.58. The minimum Gasteiger partial charge on any atom is -0.308 e. The molecule has 0 unspecified atom stereocenters. The molecule has 0 radical (unpaired) electrons. The van der Waals surface area contributed by atoms with Crippen LogP contribution in [0.1, 0.15) is 38.8 Å². The number of halogens is 2. The third kappa shape index (κ3) is 3.67. The number of nitrogens with one attached hydrogen (secondary N) is 1. The van der Waals surface area contributed by atoms with E-state index in [4.69, 9.17) is 23.2 Å². The molecule has 0 aromatic heterocycles. The van der Waals surface area contributed by atoms with Gasteiger partial charge in [-0.2, -0.15) is 0 Å². The van der Waals surface area contributed by atoms with Crippen LogP contribution in [0.2, 0.25) is 10.0 Å². The third-order valence-corrected chi connectivity index (χ3v) is 3.33. The zero-order valence-electron chi connectivity index (χ0n) is 9.35. The summed E-state index contributed by atoms with van der Waals surface area (Å²) < 4.78 is 0. The van der Waals surface area contributed by atoms with Crippen molar-refractivity contribution < 1.29 is 0 Å². The lowest BCUT2D eigenvalue weighted by molar-refractivity contribution is 0.469.